The number of nitrogen functional groups attached to an aromatic ring is 1. The molecule has 4 heteroatoms. The van der Waals surface area contributed by atoms with Gasteiger partial charge >= 0.3 is 0 Å². The van der Waals surface area contributed by atoms with E-state index in [-0.39, 0.29) is 0 Å². The second kappa shape index (κ2) is 4.33. The van der Waals surface area contributed by atoms with Gasteiger partial charge in [-0.2, -0.15) is 5.26 Å². The lowest BCUT2D eigenvalue weighted by atomic mass is 10.0. The lowest BCUT2D eigenvalue weighted by molar-refractivity contribution is 1.14. The van der Waals surface area contributed by atoms with E-state index in [2.05, 4.69) is 11.1 Å². The van der Waals surface area contributed by atoms with Crippen molar-refractivity contribution in [2.24, 2.45) is 0 Å². The molecule has 0 aliphatic rings. The van der Waals surface area contributed by atoms with E-state index < -0.39 is 0 Å². The van der Waals surface area contributed by atoms with Gasteiger partial charge in [0.15, 0.2) is 5.13 Å². The highest BCUT2D eigenvalue weighted by molar-refractivity contribution is 7.15. The first-order chi connectivity index (χ1) is 7.70. The molecular formula is C12H11N3S. The van der Waals surface area contributed by atoms with Crippen LogP contribution in [0.1, 0.15) is 21.7 Å². The van der Waals surface area contributed by atoms with Crippen molar-refractivity contribution >= 4 is 16.5 Å². The van der Waals surface area contributed by atoms with E-state index in [9.17, 15) is 0 Å². The van der Waals surface area contributed by atoms with Crippen LogP contribution in [0.4, 0.5) is 5.13 Å². The normalized spacial score (nSPS) is 10.0. The molecule has 0 fully saturated rings. The number of nitrogens with zero attached hydrogens (tertiary/aromatic N) is 2. The lowest BCUT2D eigenvalue weighted by Gasteiger charge is -2.01. The Balaban J connectivity index is 2.34. The Kier molecular flexibility index (Phi) is 2.88. The molecule has 2 rings (SSSR count). The van der Waals surface area contributed by atoms with Crippen molar-refractivity contribution in [3.8, 4) is 6.07 Å². The second-order valence-electron chi connectivity index (χ2n) is 3.51. The summed E-state index contributed by atoms with van der Waals surface area (Å²) in [5.41, 5.74) is 8.34. The monoisotopic (exact) mass is 229 g/mol. The Morgan fingerprint density at radius 2 is 2.19 bits per heavy atom. The first kappa shape index (κ1) is 10.7. The van der Waals surface area contributed by atoms with Crippen LogP contribution in [0.3, 0.4) is 0 Å². The molecule has 0 unspecified atom stereocenters. The summed E-state index contributed by atoms with van der Waals surface area (Å²) < 4.78 is 0. The molecule has 1 aromatic heterocycles. The largest absolute Gasteiger partial charge is 0.375 e. The average Bonchev–Trinajstić information content (AvgIpc) is 2.58. The highest BCUT2D eigenvalue weighted by atomic mass is 32.1. The zero-order valence-corrected chi connectivity index (χ0v) is 9.71. The zero-order valence-electron chi connectivity index (χ0n) is 8.90. The Morgan fingerprint density at radius 3 is 2.81 bits per heavy atom. The lowest BCUT2D eigenvalue weighted by Crippen LogP contribution is -1.91. The molecule has 3 nitrogen and oxygen atoms in total. The highest BCUT2D eigenvalue weighted by Gasteiger charge is 2.08. The van der Waals surface area contributed by atoms with Crippen molar-refractivity contribution in [1.29, 1.82) is 5.26 Å². The third-order valence-electron chi connectivity index (χ3n) is 2.40. The number of benzene rings is 1. The van der Waals surface area contributed by atoms with E-state index in [1.807, 2.05) is 31.2 Å². The van der Waals surface area contributed by atoms with Gasteiger partial charge < -0.3 is 5.73 Å². The summed E-state index contributed by atoms with van der Waals surface area (Å²) in [6.07, 6.45) is 0.727. The molecule has 2 N–H and O–H groups in total. The van der Waals surface area contributed by atoms with Crippen LogP contribution < -0.4 is 5.73 Å². The van der Waals surface area contributed by atoms with Crippen LogP contribution in [0.15, 0.2) is 24.3 Å². The molecule has 2 aromatic rings. The quantitative estimate of drug-likeness (QED) is 0.860. The Labute approximate surface area is 98.2 Å². The fourth-order valence-electron chi connectivity index (χ4n) is 1.57. The van der Waals surface area contributed by atoms with Crippen LogP contribution in [0.5, 0.6) is 0 Å². The molecule has 80 valence electrons. The maximum Gasteiger partial charge on any atom is 0.180 e. The van der Waals surface area contributed by atoms with E-state index in [1.54, 1.807) is 0 Å². The first-order valence-corrected chi connectivity index (χ1v) is 5.72. The van der Waals surface area contributed by atoms with Gasteiger partial charge in [-0.05, 0) is 18.6 Å². The van der Waals surface area contributed by atoms with Gasteiger partial charge in [-0.15, -0.1) is 11.3 Å². The number of anilines is 1. The van der Waals surface area contributed by atoms with Crippen molar-refractivity contribution < 1.29 is 0 Å². The summed E-state index contributed by atoms with van der Waals surface area (Å²) in [6, 6.07) is 9.80. The minimum atomic E-state index is 0.585. The van der Waals surface area contributed by atoms with Crippen molar-refractivity contribution in [2.45, 2.75) is 13.3 Å². The Hall–Kier alpha value is -1.86. The maximum absolute atomic E-state index is 8.98. The molecule has 0 atom stereocenters. The minimum Gasteiger partial charge on any atom is -0.375 e. The van der Waals surface area contributed by atoms with Crippen LogP contribution >= 0.6 is 11.3 Å². The van der Waals surface area contributed by atoms with Gasteiger partial charge in [0.25, 0.3) is 0 Å². The summed E-state index contributed by atoms with van der Waals surface area (Å²) in [4.78, 5) is 5.30. The number of rotatable bonds is 2. The maximum atomic E-state index is 8.98. The SMILES string of the molecule is Cc1nc(N)sc1Cc1ccccc1C#N. The van der Waals surface area contributed by atoms with E-state index >= 15 is 0 Å². The molecule has 1 aromatic carbocycles. The van der Waals surface area contributed by atoms with Crippen molar-refractivity contribution in [1.82, 2.24) is 4.98 Å². The van der Waals surface area contributed by atoms with Crippen molar-refractivity contribution in [3.63, 3.8) is 0 Å². The van der Waals surface area contributed by atoms with E-state index in [0.29, 0.717) is 10.7 Å². The van der Waals surface area contributed by atoms with Gasteiger partial charge in [0, 0.05) is 11.3 Å². The standard InChI is InChI=1S/C12H11N3S/c1-8-11(16-12(14)15-8)6-9-4-2-3-5-10(9)7-13/h2-5H,6H2,1H3,(H2,14,15). The summed E-state index contributed by atoms with van der Waals surface area (Å²) >= 11 is 1.49. The van der Waals surface area contributed by atoms with E-state index in [0.717, 1.165) is 22.6 Å². The van der Waals surface area contributed by atoms with Gasteiger partial charge in [0.1, 0.15) is 0 Å². The number of hydrogen-bond donors (Lipinski definition) is 1. The van der Waals surface area contributed by atoms with Crippen LogP contribution in [0.2, 0.25) is 0 Å². The molecule has 1 heterocycles. The average molecular weight is 229 g/mol. The second-order valence-corrected chi connectivity index (χ2v) is 4.62. The number of aryl methyl sites for hydroxylation is 1. The smallest absolute Gasteiger partial charge is 0.180 e. The number of hydrogen-bond acceptors (Lipinski definition) is 4. The summed E-state index contributed by atoms with van der Waals surface area (Å²) in [5, 5.41) is 9.57. The Bertz CT molecular complexity index is 552. The summed E-state index contributed by atoms with van der Waals surface area (Å²) in [7, 11) is 0. The van der Waals surface area contributed by atoms with Gasteiger partial charge in [-0.25, -0.2) is 4.98 Å². The molecule has 0 amide bonds. The number of nitrogens with two attached hydrogens (primary N) is 1. The fraction of sp³-hybridized carbons (Fsp3) is 0.167. The summed E-state index contributed by atoms with van der Waals surface area (Å²) in [6.45, 7) is 1.94. The van der Waals surface area contributed by atoms with Gasteiger partial charge in [0.05, 0.1) is 17.3 Å². The van der Waals surface area contributed by atoms with E-state index in [1.165, 1.54) is 11.3 Å². The zero-order chi connectivity index (χ0) is 11.5. The third-order valence-corrected chi connectivity index (χ3v) is 3.38. The first-order valence-electron chi connectivity index (χ1n) is 4.90. The molecule has 0 aliphatic heterocycles. The number of nitriles is 1. The highest BCUT2D eigenvalue weighted by Crippen LogP contribution is 2.23. The molecule has 0 spiro atoms. The number of thiazole rings is 1. The molecule has 16 heavy (non-hydrogen) atoms. The topological polar surface area (TPSA) is 62.7 Å². The van der Waals surface area contributed by atoms with Crippen LogP contribution in [0, 0.1) is 18.3 Å². The van der Waals surface area contributed by atoms with Crippen LogP contribution in [0.25, 0.3) is 0 Å². The molecular weight excluding hydrogens is 218 g/mol. The van der Waals surface area contributed by atoms with Crippen molar-refractivity contribution in [2.75, 3.05) is 5.73 Å². The third kappa shape index (κ3) is 2.05. The van der Waals surface area contributed by atoms with Gasteiger partial charge in [0.2, 0.25) is 0 Å². The van der Waals surface area contributed by atoms with E-state index in [4.69, 9.17) is 11.0 Å². The van der Waals surface area contributed by atoms with Crippen molar-refractivity contribution in [3.05, 3.63) is 46.0 Å². The molecule has 0 bridgehead atoms. The minimum absolute atomic E-state index is 0.585. The molecule has 0 saturated heterocycles. The predicted molar refractivity (Wildman–Crippen MR) is 65.2 cm³/mol. The van der Waals surface area contributed by atoms with Gasteiger partial charge in [-0.3, -0.25) is 0 Å². The Morgan fingerprint density at radius 1 is 1.44 bits per heavy atom. The van der Waals surface area contributed by atoms with Crippen LogP contribution in [-0.4, -0.2) is 4.98 Å². The summed E-state index contributed by atoms with van der Waals surface area (Å²) in [5.74, 6) is 0. The molecule has 0 radical (unpaired) electrons. The fourth-order valence-corrected chi connectivity index (χ4v) is 2.43. The predicted octanol–water partition coefficient (Wildman–Crippen LogP) is 2.50. The number of aromatic nitrogens is 1. The van der Waals surface area contributed by atoms with Crippen LogP contribution in [-0.2, 0) is 6.42 Å². The molecule has 0 aliphatic carbocycles. The van der Waals surface area contributed by atoms with Gasteiger partial charge in [-0.1, -0.05) is 18.2 Å². The molecule has 0 saturated carbocycles.